The molecule has 1 heterocycles. The molecule has 0 saturated heterocycles. The Morgan fingerprint density at radius 3 is 2.28 bits per heavy atom. The molecule has 1 unspecified atom stereocenters. The number of halogens is 1. The van der Waals surface area contributed by atoms with Gasteiger partial charge in [-0.2, -0.15) is 11.3 Å². The Balaban J connectivity index is 2.23. The minimum absolute atomic E-state index is 0.267. The first kappa shape index (κ1) is 13.8. The highest BCUT2D eigenvalue weighted by atomic mass is 79.9. The van der Waals surface area contributed by atoms with Gasteiger partial charge >= 0.3 is 0 Å². The molecule has 0 fully saturated rings. The predicted molar refractivity (Wildman–Crippen MR) is 84.8 cm³/mol. The Morgan fingerprint density at radius 1 is 1.11 bits per heavy atom. The first-order valence-electron chi connectivity index (χ1n) is 6.31. The third-order valence-corrected chi connectivity index (χ3v) is 5.46. The third-order valence-electron chi connectivity index (χ3n) is 3.70. The van der Waals surface area contributed by atoms with Crippen molar-refractivity contribution >= 4 is 27.3 Å². The van der Waals surface area contributed by atoms with E-state index in [0.717, 1.165) is 6.42 Å². The molecular formula is C16H19BrS. The summed E-state index contributed by atoms with van der Waals surface area (Å²) < 4.78 is 0. The Kier molecular flexibility index (Phi) is 4.29. The van der Waals surface area contributed by atoms with E-state index in [1.54, 1.807) is 11.3 Å². The van der Waals surface area contributed by atoms with Gasteiger partial charge in [-0.15, -0.1) is 0 Å². The molecule has 0 spiro atoms. The molecule has 0 nitrogen and oxygen atoms in total. The number of hydrogen-bond acceptors (Lipinski definition) is 1. The van der Waals surface area contributed by atoms with Gasteiger partial charge in [0.2, 0.25) is 0 Å². The van der Waals surface area contributed by atoms with E-state index in [2.05, 4.69) is 77.8 Å². The van der Waals surface area contributed by atoms with Crippen molar-refractivity contribution in [1.82, 2.24) is 0 Å². The van der Waals surface area contributed by atoms with Crippen molar-refractivity contribution in [2.75, 3.05) is 0 Å². The molecule has 0 aliphatic carbocycles. The lowest BCUT2D eigenvalue weighted by Crippen LogP contribution is -2.15. The SMILES string of the molecule is CCC(C)(C)c1ccc(C(Br)c2ccsc2)cc1. The summed E-state index contributed by atoms with van der Waals surface area (Å²) in [4.78, 5) is 0.308. The fraction of sp³-hybridized carbons (Fsp3) is 0.375. The molecular weight excluding hydrogens is 304 g/mol. The van der Waals surface area contributed by atoms with Crippen LogP contribution in [0.15, 0.2) is 41.1 Å². The summed E-state index contributed by atoms with van der Waals surface area (Å²) in [5.74, 6) is 0. The van der Waals surface area contributed by atoms with Crippen molar-refractivity contribution in [3.8, 4) is 0 Å². The lowest BCUT2D eigenvalue weighted by Gasteiger charge is -2.23. The highest BCUT2D eigenvalue weighted by Crippen LogP contribution is 2.34. The minimum atomic E-state index is 0.267. The number of hydrogen-bond donors (Lipinski definition) is 0. The molecule has 0 amide bonds. The van der Waals surface area contributed by atoms with Gasteiger partial charge in [-0.1, -0.05) is 61.0 Å². The van der Waals surface area contributed by atoms with Crippen molar-refractivity contribution < 1.29 is 0 Å². The average molecular weight is 323 g/mol. The zero-order valence-corrected chi connectivity index (χ0v) is 13.5. The fourth-order valence-corrected chi connectivity index (χ4v) is 3.37. The van der Waals surface area contributed by atoms with Crippen molar-refractivity contribution in [1.29, 1.82) is 0 Å². The lowest BCUT2D eigenvalue weighted by molar-refractivity contribution is 0.506. The van der Waals surface area contributed by atoms with Crippen molar-refractivity contribution in [2.24, 2.45) is 0 Å². The van der Waals surface area contributed by atoms with Crippen LogP contribution in [-0.2, 0) is 5.41 Å². The van der Waals surface area contributed by atoms with Gasteiger partial charge < -0.3 is 0 Å². The summed E-state index contributed by atoms with van der Waals surface area (Å²) in [6.45, 7) is 6.84. The summed E-state index contributed by atoms with van der Waals surface area (Å²) >= 11 is 5.52. The van der Waals surface area contributed by atoms with Crippen LogP contribution in [-0.4, -0.2) is 0 Å². The van der Waals surface area contributed by atoms with Gasteiger partial charge in [0.05, 0.1) is 4.83 Å². The average Bonchev–Trinajstić information content (AvgIpc) is 2.92. The summed E-state index contributed by atoms with van der Waals surface area (Å²) in [5, 5.41) is 4.32. The minimum Gasteiger partial charge on any atom is -0.152 e. The molecule has 96 valence electrons. The van der Waals surface area contributed by atoms with Crippen LogP contribution in [0.2, 0.25) is 0 Å². The molecule has 2 rings (SSSR count). The van der Waals surface area contributed by atoms with Gasteiger partial charge in [-0.3, -0.25) is 0 Å². The number of thiophene rings is 1. The van der Waals surface area contributed by atoms with Gasteiger partial charge in [-0.25, -0.2) is 0 Å². The van der Waals surface area contributed by atoms with Crippen LogP contribution in [0, 0.1) is 0 Å². The molecule has 0 N–H and O–H groups in total. The van der Waals surface area contributed by atoms with E-state index in [1.807, 2.05) is 0 Å². The van der Waals surface area contributed by atoms with Crippen LogP contribution in [0.1, 0.15) is 48.7 Å². The molecule has 0 saturated carbocycles. The van der Waals surface area contributed by atoms with E-state index in [0.29, 0.717) is 4.83 Å². The smallest absolute Gasteiger partial charge is 0.0652 e. The van der Waals surface area contributed by atoms with Crippen molar-refractivity contribution in [3.05, 3.63) is 57.8 Å². The molecule has 1 aromatic heterocycles. The Hall–Kier alpha value is -0.600. The van der Waals surface area contributed by atoms with Gasteiger partial charge in [-0.05, 0) is 45.4 Å². The molecule has 0 radical (unpaired) electrons. The van der Waals surface area contributed by atoms with Crippen LogP contribution in [0.4, 0.5) is 0 Å². The van der Waals surface area contributed by atoms with E-state index in [1.165, 1.54) is 16.7 Å². The van der Waals surface area contributed by atoms with Crippen molar-refractivity contribution in [2.45, 2.75) is 37.4 Å². The van der Waals surface area contributed by atoms with E-state index in [-0.39, 0.29) is 5.41 Å². The number of alkyl halides is 1. The first-order chi connectivity index (χ1) is 8.54. The summed E-state index contributed by atoms with van der Waals surface area (Å²) in [7, 11) is 0. The fourth-order valence-electron chi connectivity index (χ4n) is 1.92. The zero-order chi connectivity index (χ0) is 13.2. The van der Waals surface area contributed by atoms with Gasteiger partial charge in [0, 0.05) is 0 Å². The number of rotatable bonds is 4. The lowest BCUT2D eigenvalue weighted by atomic mass is 9.82. The van der Waals surface area contributed by atoms with E-state index >= 15 is 0 Å². The molecule has 2 heteroatoms. The van der Waals surface area contributed by atoms with Crippen LogP contribution in [0.3, 0.4) is 0 Å². The van der Waals surface area contributed by atoms with E-state index < -0.39 is 0 Å². The molecule has 18 heavy (non-hydrogen) atoms. The topological polar surface area (TPSA) is 0 Å². The maximum absolute atomic E-state index is 3.77. The molecule has 1 atom stereocenters. The van der Waals surface area contributed by atoms with Gasteiger partial charge in [0.25, 0.3) is 0 Å². The second-order valence-electron chi connectivity index (χ2n) is 5.28. The Bertz CT molecular complexity index is 482. The van der Waals surface area contributed by atoms with Crippen LogP contribution in [0.25, 0.3) is 0 Å². The molecule has 0 aliphatic rings. The van der Waals surface area contributed by atoms with Gasteiger partial charge in [0.15, 0.2) is 0 Å². The summed E-state index contributed by atoms with van der Waals surface area (Å²) in [6.07, 6.45) is 1.16. The summed E-state index contributed by atoms with van der Waals surface area (Å²) in [6, 6.07) is 11.2. The molecule has 1 aromatic carbocycles. The van der Waals surface area contributed by atoms with Gasteiger partial charge in [0.1, 0.15) is 0 Å². The van der Waals surface area contributed by atoms with Crippen LogP contribution in [0.5, 0.6) is 0 Å². The maximum Gasteiger partial charge on any atom is 0.0652 e. The monoisotopic (exact) mass is 322 g/mol. The van der Waals surface area contributed by atoms with Crippen LogP contribution >= 0.6 is 27.3 Å². The standard InChI is InChI=1S/C16H19BrS/c1-4-16(2,3)14-7-5-12(6-8-14)15(17)13-9-10-18-11-13/h5-11,15H,4H2,1-3H3. The quantitative estimate of drug-likeness (QED) is 0.613. The van der Waals surface area contributed by atoms with Crippen molar-refractivity contribution in [3.63, 3.8) is 0 Å². The predicted octanol–water partition coefficient (Wildman–Crippen LogP) is 5.92. The zero-order valence-electron chi connectivity index (χ0n) is 11.1. The Morgan fingerprint density at radius 2 is 1.78 bits per heavy atom. The molecule has 2 aromatic rings. The maximum atomic E-state index is 3.77. The van der Waals surface area contributed by atoms with E-state index in [9.17, 15) is 0 Å². The molecule has 0 aliphatic heterocycles. The number of benzene rings is 1. The largest absolute Gasteiger partial charge is 0.152 e. The Labute approximate surface area is 122 Å². The first-order valence-corrected chi connectivity index (χ1v) is 8.17. The normalized spacial score (nSPS) is 13.6. The highest BCUT2D eigenvalue weighted by Gasteiger charge is 2.18. The third kappa shape index (κ3) is 2.86. The highest BCUT2D eigenvalue weighted by molar-refractivity contribution is 9.09. The van der Waals surface area contributed by atoms with E-state index in [4.69, 9.17) is 0 Å². The second kappa shape index (κ2) is 5.58. The molecule has 0 bridgehead atoms. The second-order valence-corrected chi connectivity index (χ2v) is 6.97. The van der Waals surface area contributed by atoms with Crippen LogP contribution < -0.4 is 0 Å². The summed E-state index contributed by atoms with van der Waals surface area (Å²) in [5.41, 5.74) is 4.34.